The predicted octanol–water partition coefficient (Wildman–Crippen LogP) is -0.0826. The monoisotopic (exact) mass is 194 g/mol. The molecule has 0 saturated carbocycles. The fraction of sp³-hybridized carbons (Fsp3) is 0.300. The van der Waals surface area contributed by atoms with Gasteiger partial charge in [0.2, 0.25) is 0 Å². The summed E-state index contributed by atoms with van der Waals surface area (Å²) in [6, 6.07) is 9.39. The van der Waals surface area contributed by atoms with Crippen LogP contribution in [-0.4, -0.2) is 29.0 Å². The third-order valence-corrected chi connectivity index (χ3v) is 1.67. The summed E-state index contributed by atoms with van der Waals surface area (Å²) in [5, 5.41) is 19.6. The molecule has 0 fully saturated rings. The van der Waals surface area contributed by atoms with Gasteiger partial charge in [-0.15, -0.1) is 0 Å². The molecule has 0 saturated heterocycles. The van der Waals surface area contributed by atoms with Crippen LogP contribution in [-0.2, 0) is 0 Å². The summed E-state index contributed by atoms with van der Waals surface area (Å²) in [7, 11) is 0. The quantitative estimate of drug-likeness (QED) is 0.587. The summed E-state index contributed by atoms with van der Waals surface area (Å²) < 4.78 is 0. The zero-order valence-corrected chi connectivity index (χ0v) is 7.60. The molecular formula is C10H12NO3. The van der Waals surface area contributed by atoms with Crippen molar-refractivity contribution >= 4 is 5.91 Å². The molecule has 0 aliphatic carbocycles. The van der Waals surface area contributed by atoms with Gasteiger partial charge in [0.25, 0.3) is 5.91 Å². The lowest BCUT2D eigenvalue weighted by molar-refractivity contribution is -0.0440. The Hall–Kier alpha value is -1.39. The Balaban J connectivity index is 2.36. The van der Waals surface area contributed by atoms with Crippen LogP contribution < -0.4 is 5.32 Å². The van der Waals surface area contributed by atoms with E-state index < -0.39 is 6.29 Å². The van der Waals surface area contributed by atoms with Crippen LogP contribution in [0.4, 0.5) is 0 Å². The molecule has 1 aromatic carbocycles. The van der Waals surface area contributed by atoms with Gasteiger partial charge in [0.05, 0.1) is 0 Å². The van der Waals surface area contributed by atoms with E-state index in [1.807, 2.05) is 0 Å². The highest BCUT2D eigenvalue weighted by molar-refractivity contribution is 5.94. The molecule has 0 heterocycles. The van der Waals surface area contributed by atoms with Crippen molar-refractivity contribution in [3.8, 4) is 0 Å². The molecule has 3 N–H and O–H groups in total. The van der Waals surface area contributed by atoms with E-state index in [1.165, 1.54) is 0 Å². The molecule has 1 rings (SSSR count). The van der Waals surface area contributed by atoms with E-state index in [2.05, 4.69) is 11.4 Å². The Bertz CT molecular complexity index is 285. The topological polar surface area (TPSA) is 69.6 Å². The first kappa shape index (κ1) is 10.7. The largest absolute Gasteiger partial charge is 0.368 e. The minimum absolute atomic E-state index is 0.130. The summed E-state index contributed by atoms with van der Waals surface area (Å²) in [6.07, 6.45) is -1.25. The van der Waals surface area contributed by atoms with Crippen LogP contribution in [0, 0.1) is 6.07 Å². The van der Waals surface area contributed by atoms with E-state index in [4.69, 9.17) is 10.2 Å². The molecule has 4 nitrogen and oxygen atoms in total. The molecular weight excluding hydrogens is 182 g/mol. The third-order valence-electron chi connectivity index (χ3n) is 1.67. The molecule has 4 heteroatoms. The summed E-state index contributed by atoms with van der Waals surface area (Å²) in [5.74, 6) is -0.223. The van der Waals surface area contributed by atoms with E-state index in [0.29, 0.717) is 5.56 Å². The normalized spacial score (nSPS) is 10.2. The van der Waals surface area contributed by atoms with Gasteiger partial charge in [0, 0.05) is 18.5 Å². The Morgan fingerprint density at radius 3 is 2.64 bits per heavy atom. The van der Waals surface area contributed by atoms with E-state index >= 15 is 0 Å². The van der Waals surface area contributed by atoms with Gasteiger partial charge in [-0.2, -0.15) is 0 Å². The van der Waals surface area contributed by atoms with Crippen molar-refractivity contribution in [1.82, 2.24) is 5.32 Å². The molecule has 0 aromatic heterocycles. The van der Waals surface area contributed by atoms with Gasteiger partial charge in [0.15, 0.2) is 6.29 Å². The van der Waals surface area contributed by atoms with Gasteiger partial charge < -0.3 is 15.5 Å². The number of rotatable bonds is 4. The van der Waals surface area contributed by atoms with Crippen molar-refractivity contribution in [2.75, 3.05) is 6.54 Å². The summed E-state index contributed by atoms with van der Waals surface area (Å²) in [5.41, 5.74) is 0.538. The molecule has 1 aromatic rings. The molecule has 75 valence electrons. The maximum Gasteiger partial charge on any atom is 0.251 e. The molecule has 1 amide bonds. The van der Waals surface area contributed by atoms with Gasteiger partial charge >= 0.3 is 0 Å². The average Bonchev–Trinajstić information content (AvgIpc) is 2.18. The first-order valence-corrected chi connectivity index (χ1v) is 4.30. The maximum atomic E-state index is 11.3. The highest BCUT2D eigenvalue weighted by Crippen LogP contribution is 1.97. The van der Waals surface area contributed by atoms with Crippen LogP contribution in [0.25, 0.3) is 0 Å². The minimum Gasteiger partial charge on any atom is -0.368 e. The third kappa shape index (κ3) is 3.55. The SMILES string of the molecule is O=C(NCCC(O)O)c1cc[c]cc1. The first-order valence-electron chi connectivity index (χ1n) is 4.30. The molecule has 0 unspecified atom stereocenters. The fourth-order valence-corrected chi connectivity index (χ4v) is 0.955. The predicted molar refractivity (Wildman–Crippen MR) is 50.5 cm³/mol. The van der Waals surface area contributed by atoms with Gasteiger partial charge in [-0.05, 0) is 18.2 Å². The molecule has 0 aliphatic rings. The zero-order valence-electron chi connectivity index (χ0n) is 7.60. The minimum atomic E-state index is -1.38. The van der Waals surface area contributed by atoms with Crippen LogP contribution >= 0.6 is 0 Å². The highest BCUT2D eigenvalue weighted by Gasteiger charge is 2.04. The second kappa shape index (κ2) is 5.36. The number of carbonyl (C=O) groups is 1. The molecule has 0 spiro atoms. The standard InChI is InChI=1S/C10H12NO3/c12-9(13)6-7-11-10(14)8-4-2-1-3-5-8/h2-5,9,12-13H,6-7H2,(H,11,14). The van der Waals surface area contributed by atoms with Crippen molar-refractivity contribution in [3.63, 3.8) is 0 Å². The smallest absolute Gasteiger partial charge is 0.251 e. The molecule has 0 aliphatic heterocycles. The number of benzene rings is 1. The molecule has 1 radical (unpaired) electrons. The second-order valence-electron chi connectivity index (χ2n) is 2.81. The summed E-state index contributed by atoms with van der Waals surface area (Å²) >= 11 is 0. The lowest BCUT2D eigenvalue weighted by atomic mass is 10.2. The average molecular weight is 194 g/mol. The van der Waals surface area contributed by atoms with Crippen molar-refractivity contribution in [2.45, 2.75) is 12.7 Å². The molecule has 14 heavy (non-hydrogen) atoms. The number of hydrogen-bond acceptors (Lipinski definition) is 3. The van der Waals surface area contributed by atoms with Crippen molar-refractivity contribution < 1.29 is 15.0 Å². The maximum absolute atomic E-state index is 11.3. The summed E-state index contributed by atoms with van der Waals surface area (Å²) in [6.45, 7) is 0.245. The number of carbonyl (C=O) groups excluding carboxylic acids is 1. The Morgan fingerprint density at radius 1 is 1.43 bits per heavy atom. The second-order valence-corrected chi connectivity index (χ2v) is 2.81. The van der Waals surface area contributed by atoms with E-state index in [-0.39, 0.29) is 18.9 Å². The fourth-order valence-electron chi connectivity index (χ4n) is 0.955. The van der Waals surface area contributed by atoms with Crippen LogP contribution in [0.1, 0.15) is 16.8 Å². The number of amides is 1. The lowest BCUT2D eigenvalue weighted by Gasteiger charge is -2.05. The van der Waals surface area contributed by atoms with E-state index in [1.54, 1.807) is 24.3 Å². The van der Waals surface area contributed by atoms with Gasteiger partial charge in [-0.25, -0.2) is 0 Å². The number of nitrogens with one attached hydrogen (secondary N) is 1. The van der Waals surface area contributed by atoms with Gasteiger partial charge in [-0.1, -0.05) is 12.1 Å². The number of aliphatic hydroxyl groups excluding tert-OH is 1. The van der Waals surface area contributed by atoms with Gasteiger partial charge in [0.1, 0.15) is 0 Å². The zero-order chi connectivity index (χ0) is 10.4. The van der Waals surface area contributed by atoms with Crippen LogP contribution in [0.3, 0.4) is 0 Å². The van der Waals surface area contributed by atoms with E-state index in [9.17, 15) is 4.79 Å². The highest BCUT2D eigenvalue weighted by atomic mass is 16.5. The number of hydrogen-bond donors (Lipinski definition) is 3. The van der Waals surface area contributed by atoms with E-state index in [0.717, 1.165) is 0 Å². The van der Waals surface area contributed by atoms with Crippen LogP contribution in [0.5, 0.6) is 0 Å². The molecule has 0 atom stereocenters. The van der Waals surface area contributed by atoms with Crippen molar-refractivity contribution in [3.05, 3.63) is 35.9 Å². The molecule has 0 bridgehead atoms. The van der Waals surface area contributed by atoms with Crippen molar-refractivity contribution in [2.24, 2.45) is 0 Å². The van der Waals surface area contributed by atoms with Gasteiger partial charge in [-0.3, -0.25) is 4.79 Å². The lowest BCUT2D eigenvalue weighted by Crippen LogP contribution is -2.26. The van der Waals surface area contributed by atoms with Crippen LogP contribution in [0.15, 0.2) is 24.3 Å². The Kier molecular flexibility index (Phi) is 4.10. The van der Waals surface area contributed by atoms with Crippen molar-refractivity contribution in [1.29, 1.82) is 0 Å². The summed E-state index contributed by atoms with van der Waals surface area (Å²) in [4.78, 5) is 11.3. The first-order chi connectivity index (χ1) is 6.70. The number of aliphatic hydroxyl groups is 2. The Morgan fingerprint density at radius 2 is 2.07 bits per heavy atom. The van der Waals surface area contributed by atoms with Crippen LogP contribution in [0.2, 0.25) is 0 Å². The Labute approximate surface area is 82.2 Å².